The fourth-order valence-electron chi connectivity index (χ4n) is 3.80. The summed E-state index contributed by atoms with van der Waals surface area (Å²) >= 11 is 0. The third kappa shape index (κ3) is 4.78. The number of para-hydroxylation sites is 2. The number of nitrogens with zero attached hydrogens (tertiary/aromatic N) is 2. The highest BCUT2D eigenvalue weighted by Crippen LogP contribution is 2.35. The molecule has 0 unspecified atom stereocenters. The Labute approximate surface area is 203 Å². The number of carbonyl (C=O) groups excluding carboxylic acids is 2. The first-order chi connectivity index (χ1) is 16.7. The summed E-state index contributed by atoms with van der Waals surface area (Å²) in [6.07, 6.45) is 0. The minimum atomic E-state index is -4.15. The summed E-state index contributed by atoms with van der Waals surface area (Å²) in [6, 6.07) is 17.8. The fraction of sp³-hybridized carbons (Fsp3) is 0.200. The monoisotopic (exact) mass is 495 g/mol. The second kappa shape index (κ2) is 9.67. The topological polar surface area (TPSA) is 105 Å². The first-order valence-corrected chi connectivity index (χ1v) is 12.2. The number of hydrogen-bond acceptors (Lipinski definition) is 6. The van der Waals surface area contributed by atoms with Crippen LogP contribution in [-0.4, -0.2) is 47.5 Å². The van der Waals surface area contributed by atoms with Gasteiger partial charge in [-0.15, -0.1) is 0 Å². The lowest BCUT2D eigenvalue weighted by Gasteiger charge is -2.32. The van der Waals surface area contributed by atoms with Crippen LogP contribution in [0.1, 0.15) is 5.56 Å². The average molecular weight is 496 g/mol. The molecule has 1 N–H and O–H groups in total. The van der Waals surface area contributed by atoms with Gasteiger partial charge in [0.25, 0.3) is 10.0 Å². The predicted molar refractivity (Wildman–Crippen MR) is 133 cm³/mol. The van der Waals surface area contributed by atoms with Gasteiger partial charge in [0.05, 0.1) is 36.2 Å². The van der Waals surface area contributed by atoms with E-state index < -0.39 is 22.5 Å². The molecule has 35 heavy (non-hydrogen) atoms. The fourth-order valence-corrected chi connectivity index (χ4v) is 5.20. The van der Waals surface area contributed by atoms with Gasteiger partial charge >= 0.3 is 0 Å². The first kappa shape index (κ1) is 24.1. The van der Waals surface area contributed by atoms with Crippen molar-refractivity contribution in [3.05, 3.63) is 72.3 Å². The van der Waals surface area contributed by atoms with Crippen LogP contribution in [0.4, 0.5) is 17.1 Å². The summed E-state index contributed by atoms with van der Waals surface area (Å²) in [5, 5.41) is 2.72. The first-order valence-electron chi connectivity index (χ1n) is 10.8. The lowest BCUT2D eigenvalue weighted by molar-refractivity contribution is -0.121. The molecule has 0 aliphatic carbocycles. The van der Waals surface area contributed by atoms with Crippen LogP contribution in [-0.2, 0) is 19.6 Å². The molecule has 1 aliphatic heterocycles. The van der Waals surface area contributed by atoms with E-state index in [0.29, 0.717) is 22.9 Å². The molecule has 0 fully saturated rings. The lowest BCUT2D eigenvalue weighted by atomic mass is 10.2. The standard InChI is InChI=1S/C25H25N3O6S/c1-17-8-11-19(12-9-17)35(31,32)28(18-10-13-22(33-2)23(14-18)34-3)16-25(30)27-15-24(29)26-20-6-4-5-7-21(20)27/h4-14H,15-16H2,1-3H3,(H,26,29). The van der Waals surface area contributed by atoms with E-state index in [1.165, 1.54) is 43.4 Å². The second-order valence-electron chi connectivity index (χ2n) is 7.91. The van der Waals surface area contributed by atoms with E-state index in [9.17, 15) is 18.0 Å². The van der Waals surface area contributed by atoms with Crippen LogP contribution in [0.2, 0.25) is 0 Å². The second-order valence-corrected chi connectivity index (χ2v) is 9.77. The van der Waals surface area contributed by atoms with Gasteiger partial charge in [0, 0.05) is 6.07 Å². The van der Waals surface area contributed by atoms with E-state index in [0.717, 1.165) is 9.87 Å². The van der Waals surface area contributed by atoms with E-state index in [2.05, 4.69) is 5.32 Å². The number of amides is 2. The van der Waals surface area contributed by atoms with Crippen LogP contribution in [0.5, 0.6) is 11.5 Å². The maximum Gasteiger partial charge on any atom is 0.264 e. The zero-order valence-electron chi connectivity index (χ0n) is 19.5. The quantitative estimate of drug-likeness (QED) is 0.540. The number of methoxy groups -OCH3 is 2. The molecule has 10 heteroatoms. The molecule has 182 valence electrons. The molecule has 9 nitrogen and oxygen atoms in total. The van der Waals surface area contributed by atoms with Crippen LogP contribution in [0.25, 0.3) is 0 Å². The zero-order valence-corrected chi connectivity index (χ0v) is 20.3. The van der Waals surface area contributed by atoms with E-state index in [4.69, 9.17) is 9.47 Å². The lowest BCUT2D eigenvalue weighted by Crippen LogP contribution is -2.48. The van der Waals surface area contributed by atoms with Crippen LogP contribution in [0, 0.1) is 6.92 Å². The minimum absolute atomic E-state index is 0.0301. The third-order valence-electron chi connectivity index (χ3n) is 5.61. The summed E-state index contributed by atoms with van der Waals surface area (Å²) in [6.45, 7) is 1.10. The van der Waals surface area contributed by atoms with Crippen LogP contribution >= 0.6 is 0 Å². The molecular weight excluding hydrogens is 470 g/mol. The average Bonchev–Trinajstić information content (AvgIpc) is 2.86. The zero-order chi connectivity index (χ0) is 25.2. The summed E-state index contributed by atoms with van der Waals surface area (Å²) in [5.74, 6) is -0.199. The van der Waals surface area contributed by atoms with Gasteiger partial charge < -0.3 is 14.8 Å². The molecule has 0 saturated carbocycles. The molecule has 4 rings (SSSR count). The van der Waals surface area contributed by atoms with E-state index >= 15 is 0 Å². The van der Waals surface area contributed by atoms with Crippen molar-refractivity contribution in [2.75, 3.05) is 41.8 Å². The number of anilines is 3. The highest BCUT2D eigenvalue weighted by atomic mass is 32.2. The van der Waals surface area contributed by atoms with Gasteiger partial charge in [0.1, 0.15) is 13.1 Å². The van der Waals surface area contributed by atoms with Crippen molar-refractivity contribution in [3.8, 4) is 11.5 Å². The molecular formula is C25H25N3O6S. The Morgan fingerprint density at radius 1 is 1.00 bits per heavy atom. The third-order valence-corrected chi connectivity index (χ3v) is 7.40. The van der Waals surface area contributed by atoms with Crippen molar-refractivity contribution in [1.82, 2.24) is 0 Å². The summed E-state index contributed by atoms with van der Waals surface area (Å²) < 4.78 is 39.1. The highest BCUT2D eigenvalue weighted by Gasteiger charge is 2.33. The molecule has 3 aromatic rings. The van der Waals surface area contributed by atoms with Gasteiger partial charge in [-0.05, 0) is 43.3 Å². The van der Waals surface area contributed by atoms with Crippen LogP contribution in [0.3, 0.4) is 0 Å². The number of fused-ring (bicyclic) bond motifs is 1. The van der Waals surface area contributed by atoms with Crippen LogP contribution in [0.15, 0.2) is 71.6 Å². The van der Waals surface area contributed by atoms with E-state index in [-0.39, 0.29) is 23.0 Å². The molecule has 0 radical (unpaired) electrons. The molecule has 1 aliphatic rings. The van der Waals surface area contributed by atoms with Gasteiger partial charge in [0.15, 0.2) is 11.5 Å². The number of sulfonamides is 1. The largest absolute Gasteiger partial charge is 0.493 e. The predicted octanol–water partition coefficient (Wildman–Crippen LogP) is 3.19. The number of carbonyl (C=O) groups is 2. The minimum Gasteiger partial charge on any atom is -0.493 e. The SMILES string of the molecule is COc1ccc(N(CC(=O)N2CC(=O)Nc3ccccc32)S(=O)(=O)c2ccc(C)cc2)cc1OC. The van der Waals surface area contributed by atoms with Crippen molar-refractivity contribution in [2.24, 2.45) is 0 Å². The van der Waals surface area contributed by atoms with Gasteiger partial charge in [-0.2, -0.15) is 0 Å². The van der Waals surface area contributed by atoms with Crippen LogP contribution < -0.4 is 24.0 Å². The highest BCUT2D eigenvalue weighted by molar-refractivity contribution is 7.92. The Balaban J connectivity index is 1.77. The molecule has 0 spiro atoms. The number of rotatable bonds is 7. The smallest absolute Gasteiger partial charge is 0.264 e. The number of ether oxygens (including phenoxy) is 2. The Kier molecular flexibility index (Phi) is 6.65. The van der Waals surface area contributed by atoms with Crippen molar-refractivity contribution in [2.45, 2.75) is 11.8 Å². The Morgan fingerprint density at radius 2 is 1.69 bits per heavy atom. The maximum atomic E-state index is 13.7. The number of benzene rings is 3. The van der Waals surface area contributed by atoms with Gasteiger partial charge in [-0.1, -0.05) is 29.8 Å². The van der Waals surface area contributed by atoms with Gasteiger partial charge in [-0.3, -0.25) is 18.8 Å². The van der Waals surface area contributed by atoms with Gasteiger partial charge in [0.2, 0.25) is 11.8 Å². The van der Waals surface area contributed by atoms with Gasteiger partial charge in [-0.25, -0.2) is 8.42 Å². The molecule has 3 aromatic carbocycles. The summed E-state index contributed by atoms with van der Waals surface area (Å²) in [5.41, 5.74) is 2.09. The van der Waals surface area contributed by atoms with Crippen molar-refractivity contribution in [3.63, 3.8) is 0 Å². The molecule has 0 atom stereocenters. The Hall–Kier alpha value is -4.05. The van der Waals surface area contributed by atoms with Crippen molar-refractivity contribution >= 4 is 38.9 Å². The van der Waals surface area contributed by atoms with Crippen molar-refractivity contribution < 1.29 is 27.5 Å². The molecule has 0 aromatic heterocycles. The summed E-state index contributed by atoms with van der Waals surface area (Å²) in [7, 11) is -1.24. The number of hydrogen-bond donors (Lipinski definition) is 1. The Morgan fingerprint density at radius 3 is 2.37 bits per heavy atom. The molecule has 0 bridgehead atoms. The number of nitrogens with one attached hydrogen (secondary N) is 1. The Bertz CT molecular complexity index is 1370. The maximum absolute atomic E-state index is 13.7. The molecule has 0 saturated heterocycles. The van der Waals surface area contributed by atoms with E-state index in [1.807, 2.05) is 6.92 Å². The summed E-state index contributed by atoms with van der Waals surface area (Å²) in [4.78, 5) is 27.0. The normalized spacial score (nSPS) is 13.0. The van der Waals surface area contributed by atoms with E-state index in [1.54, 1.807) is 42.5 Å². The van der Waals surface area contributed by atoms with Crippen molar-refractivity contribution in [1.29, 1.82) is 0 Å². The number of aryl methyl sites for hydroxylation is 1. The molecule has 1 heterocycles. The molecule has 2 amide bonds.